The average molecular weight is 427 g/mol. The molecule has 0 aliphatic rings. The van der Waals surface area contributed by atoms with Gasteiger partial charge in [-0.3, -0.25) is 9.59 Å². The van der Waals surface area contributed by atoms with Crippen LogP contribution in [0, 0.1) is 5.82 Å². The van der Waals surface area contributed by atoms with Gasteiger partial charge in [-0.2, -0.15) is 5.10 Å². The van der Waals surface area contributed by atoms with Gasteiger partial charge in [0.05, 0.1) is 11.4 Å². The maximum Gasteiger partial charge on any atom is 0.220 e. The number of carbonyl (C=O) groups is 2. The van der Waals surface area contributed by atoms with Crippen molar-refractivity contribution in [1.82, 2.24) is 15.1 Å². The smallest absolute Gasteiger partial charge is 0.220 e. The van der Waals surface area contributed by atoms with Crippen LogP contribution >= 0.6 is 0 Å². The van der Waals surface area contributed by atoms with Gasteiger partial charge < -0.3 is 5.32 Å². The zero-order valence-electron chi connectivity index (χ0n) is 17.4. The molecule has 0 bridgehead atoms. The molecule has 0 spiro atoms. The highest BCUT2D eigenvalue weighted by atomic mass is 19.1. The third-order valence-electron chi connectivity index (χ3n) is 5.08. The van der Waals surface area contributed by atoms with Gasteiger partial charge in [-0.05, 0) is 36.4 Å². The number of rotatable bonds is 8. The van der Waals surface area contributed by atoms with Crippen LogP contribution in [0.4, 0.5) is 4.39 Å². The number of nitrogens with zero attached hydrogens (tertiary/aromatic N) is 2. The molecule has 6 heteroatoms. The average Bonchev–Trinajstić information content (AvgIpc) is 3.27. The molecule has 1 aromatic heterocycles. The highest BCUT2D eigenvalue weighted by Gasteiger charge is 2.14. The van der Waals surface area contributed by atoms with Crippen molar-refractivity contribution in [3.63, 3.8) is 0 Å². The van der Waals surface area contributed by atoms with Crippen LogP contribution in [0.1, 0.15) is 28.8 Å². The van der Waals surface area contributed by atoms with E-state index in [1.54, 1.807) is 4.68 Å². The zero-order chi connectivity index (χ0) is 22.3. The summed E-state index contributed by atoms with van der Waals surface area (Å²) < 4.78 is 14.8. The lowest BCUT2D eigenvalue weighted by Crippen LogP contribution is -2.23. The molecule has 160 valence electrons. The lowest BCUT2D eigenvalue weighted by molar-refractivity contribution is -0.121. The molecular formula is C26H22FN3O2. The van der Waals surface area contributed by atoms with E-state index in [9.17, 15) is 14.0 Å². The van der Waals surface area contributed by atoms with Crippen LogP contribution in [-0.2, 0) is 11.3 Å². The molecule has 4 aromatic rings. The first-order valence-electron chi connectivity index (χ1n) is 10.3. The Morgan fingerprint density at radius 2 is 1.50 bits per heavy atom. The number of para-hydroxylation sites is 1. The first-order chi connectivity index (χ1) is 15.6. The number of halogens is 1. The lowest BCUT2D eigenvalue weighted by Gasteiger charge is -2.06. The van der Waals surface area contributed by atoms with Crippen LogP contribution in [-0.4, -0.2) is 21.5 Å². The Morgan fingerprint density at radius 3 is 2.19 bits per heavy atom. The molecule has 0 fully saturated rings. The van der Waals surface area contributed by atoms with E-state index in [4.69, 9.17) is 5.10 Å². The number of hydrogen-bond donors (Lipinski definition) is 1. The molecular weight excluding hydrogens is 405 g/mol. The van der Waals surface area contributed by atoms with Gasteiger partial charge in [-0.25, -0.2) is 9.07 Å². The van der Waals surface area contributed by atoms with E-state index in [2.05, 4.69) is 5.32 Å². The van der Waals surface area contributed by atoms with Gasteiger partial charge in [0.2, 0.25) is 5.91 Å². The number of benzene rings is 3. The molecule has 5 nitrogen and oxygen atoms in total. The van der Waals surface area contributed by atoms with Crippen LogP contribution in [0.15, 0.2) is 91.1 Å². The van der Waals surface area contributed by atoms with Gasteiger partial charge in [-0.15, -0.1) is 0 Å². The number of carbonyl (C=O) groups excluding carboxylic acids is 2. The molecule has 1 heterocycles. The maximum atomic E-state index is 13.0. The first kappa shape index (κ1) is 21.2. The van der Waals surface area contributed by atoms with E-state index in [0.29, 0.717) is 12.1 Å². The molecule has 4 rings (SSSR count). The van der Waals surface area contributed by atoms with Gasteiger partial charge in [0.1, 0.15) is 5.82 Å². The normalized spacial score (nSPS) is 10.7. The van der Waals surface area contributed by atoms with E-state index < -0.39 is 5.82 Å². The Morgan fingerprint density at radius 1 is 0.844 bits per heavy atom. The van der Waals surface area contributed by atoms with Crippen molar-refractivity contribution in [3.8, 4) is 16.9 Å². The fourth-order valence-electron chi connectivity index (χ4n) is 3.38. The van der Waals surface area contributed by atoms with Gasteiger partial charge in [0.25, 0.3) is 0 Å². The zero-order valence-corrected chi connectivity index (χ0v) is 17.4. The largest absolute Gasteiger partial charge is 0.352 e. The standard InChI is InChI=1S/C26H22FN3O2/c27-22-13-11-19(12-14-22)24(31)15-16-25(32)28-17-21-18-30(23-9-5-2-6-10-23)29-26(21)20-7-3-1-4-8-20/h1-14,18H,15-17H2,(H,28,32). The van der Waals surface area contributed by atoms with Crippen molar-refractivity contribution < 1.29 is 14.0 Å². The second-order valence-corrected chi connectivity index (χ2v) is 7.36. The van der Waals surface area contributed by atoms with Gasteiger partial charge in [0.15, 0.2) is 5.78 Å². The van der Waals surface area contributed by atoms with E-state index >= 15 is 0 Å². The number of hydrogen-bond acceptors (Lipinski definition) is 3. The van der Waals surface area contributed by atoms with E-state index in [0.717, 1.165) is 22.5 Å². The Labute approximate surface area is 185 Å². The summed E-state index contributed by atoms with van der Waals surface area (Å²) in [6.45, 7) is 0.292. The van der Waals surface area contributed by atoms with Crippen LogP contribution in [0.2, 0.25) is 0 Å². The third kappa shape index (κ3) is 5.16. The fraction of sp³-hybridized carbons (Fsp3) is 0.115. The molecule has 0 aliphatic heterocycles. The summed E-state index contributed by atoms with van der Waals surface area (Å²) >= 11 is 0. The molecule has 0 aliphatic carbocycles. The quantitative estimate of drug-likeness (QED) is 0.404. The Balaban J connectivity index is 1.44. The second-order valence-electron chi connectivity index (χ2n) is 7.36. The maximum absolute atomic E-state index is 13.0. The highest BCUT2D eigenvalue weighted by Crippen LogP contribution is 2.23. The van der Waals surface area contributed by atoms with Gasteiger partial charge >= 0.3 is 0 Å². The Kier molecular flexibility index (Phi) is 6.51. The molecule has 1 N–H and O–H groups in total. The number of aromatic nitrogens is 2. The molecule has 0 atom stereocenters. The summed E-state index contributed by atoms with van der Waals surface area (Å²) in [7, 11) is 0. The van der Waals surface area contributed by atoms with Crippen molar-refractivity contribution in [3.05, 3.63) is 108 Å². The summed E-state index contributed by atoms with van der Waals surface area (Å²) in [5.41, 5.74) is 3.94. The third-order valence-corrected chi connectivity index (χ3v) is 5.08. The minimum atomic E-state index is -0.399. The van der Waals surface area contributed by atoms with Crippen LogP contribution in [0.3, 0.4) is 0 Å². The predicted molar refractivity (Wildman–Crippen MR) is 121 cm³/mol. The summed E-state index contributed by atoms with van der Waals surface area (Å²) in [6, 6.07) is 24.9. The van der Waals surface area contributed by atoms with Crippen molar-refractivity contribution in [1.29, 1.82) is 0 Å². The van der Waals surface area contributed by atoms with Crippen molar-refractivity contribution in [2.24, 2.45) is 0 Å². The van der Waals surface area contributed by atoms with Crippen LogP contribution in [0.25, 0.3) is 16.9 Å². The number of ketones is 1. The van der Waals surface area contributed by atoms with E-state index in [-0.39, 0.29) is 24.5 Å². The number of nitrogens with one attached hydrogen (secondary N) is 1. The SMILES string of the molecule is O=C(CCC(=O)c1ccc(F)cc1)NCc1cn(-c2ccccc2)nc1-c1ccccc1. The molecule has 0 saturated carbocycles. The monoisotopic (exact) mass is 427 g/mol. The van der Waals surface area contributed by atoms with Crippen LogP contribution < -0.4 is 5.32 Å². The van der Waals surface area contributed by atoms with Gasteiger partial charge in [0, 0.05) is 42.3 Å². The molecule has 3 aromatic carbocycles. The Hall–Kier alpha value is -4.06. The fourth-order valence-corrected chi connectivity index (χ4v) is 3.38. The van der Waals surface area contributed by atoms with E-state index in [1.165, 1.54) is 24.3 Å². The minimum Gasteiger partial charge on any atom is -0.352 e. The molecule has 32 heavy (non-hydrogen) atoms. The lowest BCUT2D eigenvalue weighted by atomic mass is 10.1. The summed E-state index contributed by atoms with van der Waals surface area (Å²) in [5.74, 6) is -0.821. The molecule has 1 amide bonds. The molecule has 0 radical (unpaired) electrons. The predicted octanol–water partition coefficient (Wildman–Crippen LogP) is 4.96. The number of amides is 1. The molecule has 0 unspecified atom stereocenters. The van der Waals surface area contributed by atoms with E-state index in [1.807, 2.05) is 66.9 Å². The van der Waals surface area contributed by atoms with Gasteiger partial charge in [-0.1, -0.05) is 48.5 Å². The second kappa shape index (κ2) is 9.83. The van der Waals surface area contributed by atoms with Crippen LogP contribution in [0.5, 0.6) is 0 Å². The topological polar surface area (TPSA) is 64.0 Å². The molecule has 0 saturated heterocycles. The summed E-state index contributed by atoms with van der Waals surface area (Å²) in [6.07, 6.45) is 2.03. The number of Topliss-reactive ketones (excluding diaryl/α,β-unsaturated/α-hetero) is 1. The van der Waals surface area contributed by atoms with Crippen molar-refractivity contribution in [2.45, 2.75) is 19.4 Å². The van der Waals surface area contributed by atoms with Crippen molar-refractivity contribution in [2.75, 3.05) is 0 Å². The van der Waals surface area contributed by atoms with Crippen molar-refractivity contribution >= 4 is 11.7 Å². The first-order valence-corrected chi connectivity index (χ1v) is 10.3. The Bertz CT molecular complexity index is 1200. The summed E-state index contributed by atoms with van der Waals surface area (Å²) in [5, 5.41) is 7.62. The minimum absolute atomic E-state index is 0.0592. The highest BCUT2D eigenvalue weighted by molar-refractivity contribution is 5.97. The summed E-state index contributed by atoms with van der Waals surface area (Å²) in [4.78, 5) is 24.6.